The van der Waals surface area contributed by atoms with Gasteiger partial charge in [-0.15, -0.1) is 11.3 Å². The lowest BCUT2D eigenvalue weighted by Crippen LogP contribution is -2.45. The van der Waals surface area contributed by atoms with Crippen molar-refractivity contribution in [3.8, 4) is 0 Å². The van der Waals surface area contributed by atoms with Gasteiger partial charge in [-0.3, -0.25) is 9.59 Å². The first-order valence-electron chi connectivity index (χ1n) is 9.83. The Bertz CT molecular complexity index is 795. The average Bonchev–Trinajstić information content (AvgIpc) is 3.38. The van der Waals surface area contributed by atoms with Crippen LogP contribution in [-0.2, 0) is 11.3 Å². The number of hydrogen-bond donors (Lipinski definition) is 1. The highest BCUT2D eigenvalue weighted by Crippen LogP contribution is 2.27. The number of nitrogens with one attached hydrogen (secondary N) is 1. The molecule has 5 nitrogen and oxygen atoms in total. The van der Waals surface area contributed by atoms with Gasteiger partial charge in [-0.1, -0.05) is 12.8 Å². The largest absolute Gasteiger partial charge is 0.353 e. The fourth-order valence-electron chi connectivity index (χ4n) is 4.39. The lowest BCUT2D eigenvalue weighted by Gasteiger charge is -2.32. The molecule has 0 spiro atoms. The third-order valence-electron chi connectivity index (χ3n) is 5.91. The van der Waals surface area contributed by atoms with E-state index in [0.29, 0.717) is 19.1 Å². The molecule has 6 heteroatoms. The molecular formula is C20H27N3O2S. The molecule has 3 heterocycles. The molecule has 0 atom stereocenters. The number of thiophene rings is 1. The topological polar surface area (TPSA) is 54.3 Å². The second kappa shape index (κ2) is 7.43. The fraction of sp³-hybridized carbons (Fsp3) is 0.600. The monoisotopic (exact) mass is 373 g/mol. The van der Waals surface area contributed by atoms with Crippen molar-refractivity contribution >= 4 is 33.4 Å². The van der Waals surface area contributed by atoms with Gasteiger partial charge in [0, 0.05) is 31.6 Å². The van der Waals surface area contributed by atoms with E-state index >= 15 is 0 Å². The molecule has 140 valence electrons. The standard InChI is InChI=1S/C20H27N3O2S/c1-2-23-16-9-12-26-18(16)13-17(23)20(25)22-10-7-14(8-11-22)19(24)21-15-5-3-4-6-15/h9,12-15H,2-8,10-11H2,1H3,(H,21,24). The quantitative estimate of drug-likeness (QED) is 0.890. The van der Waals surface area contributed by atoms with Gasteiger partial charge in [0.25, 0.3) is 5.91 Å². The predicted molar refractivity (Wildman–Crippen MR) is 105 cm³/mol. The number of piperidine rings is 1. The van der Waals surface area contributed by atoms with E-state index < -0.39 is 0 Å². The van der Waals surface area contributed by atoms with Crippen molar-refractivity contribution in [2.24, 2.45) is 5.92 Å². The van der Waals surface area contributed by atoms with Crippen LogP contribution in [-0.4, -0.2) is 40.4 Å². The first kappa shape index (κ1) is 17.6. The Hall–Kier alpha value is -1.82. The number of rotatable bonds is 4. The number of aryl methyl sites for hydroxylation is 1. The fourth-order valence-corrected chi connectivity index (χ4v) is 5.21. The molecule has 1 saturated carbocycles. The first-order chi connectivity index (χ1) is 12.7. The highest BCUT2D eigenvalue weighted by atomic mass is 32.1. The summed E-state index contributed by atoms with van der Waals surface area (Å²) in [6, 6.07) is 4.48. The molecule has 26 heavy (non-hydrogen) atoms. The SMILES string of the molecule is CCn1c(C(=O)N2CCC(C(=O)NC3CCCC3)CC2)cc2sccc21. The zero-order valence-corrected chi connectivity index (χ0v) is 16.2. The Labute approximate surface area is 158 Å². The van der Waals surface area contributed by atoms with Gasteiger partial charge in [-0.25, -0.2) is 0 Å². The van der Waals surface area contributed by atoms with Gasteiger partial charge in [-0.2, -0.15) is 0 Å². The Morgan fingerprint density at radius 2 is 1.92 bits per heavy atom. The molecule has 2 aliphatic rings. The van der Waals surface area contributed by atoms with Gasteiger partial charge in [0.1, 0.15) is 5.69 Å². The summed E-state index contributed by atoms with van der Waals surface area (Å²) >= 11 is 1.68. The summed E-state index contributed by atoms with van der Waals surface area (Å²) in [6.07, 6.45) is 6.23. The van der Waals surface area contributed by atoms with E-state index in [1.54, 1.807) is 11.3 Å². The van der Waals surface area contributed by atoms with Crippen molar-refractivity contribution in [3.05, 3.63) is 23.2 Å². The zero-order valence-electron chi connectivity index (χ0n) is 15.4. The van der Waals surface area contributed by atoms with Crippen molar-refractivity contribution in [3.63, 3.8) is 0 Å². The Morgan fingerprint density at radius 1 is 1.19 bits per heavy atom. The van der Waals surface area contributed by atoms with Crippen LogP contribution in [0.25, 0.3) is 10.2 Å². The third-order valence-corrected chi connectivity index (χ3v) is 6.77. The second-order valence-electron chi connectivity index (χ2n) is 7.50. The van der Waals surface area contributed by atoms with Gasteiger partial charge >= 0.3 is 0 Å². The molecule has 1 saturated heterocycles. The zero-order chi connectivity index (χ0) is 18.1. The second-order valence-corrected chi connectivity index (χ2v) is 8.45. The predicted octanol–water partition coefficient (Wildman–Crippen LogP) is 3.63. The molecule has 0 radical (unpaired) electrons. The smallest absolute Gasteiger partial charge is 0.270 e. The van der Waals surface area contributed by atoms with Gasteiger partial charge in [0.05, 0.1) is 10.2 Å². The van der Waals surface area contributed by atoms with Crippen LogP contribution in [0.1, 0.15) is 55.9 Å². The summed E-state index contributed by atoms with van der Waals surface area (Å²) in [5.41, 5.74) is 1.93. The number of fused-ring (bicyclic) bond motifs is 1. The van der Waals surface area contributed by atoms with E-state index in [1.807, 2.05) is 11.0 Å². The molecule has 2 fully saturated rings. The van der Waals surface area contributed by atoms with Gasteiger partial charge in [0.15, 0.2) is 0 Å². The van der Waals surface area contributed by atoms with Crippen molar-refractivity contribution in [1.82, 2.24) is 14.8 Å². The summed E-state index contributed by atoms with van der Waals surface area (Å²) in [5.74, 6) is 0.354. The van der Waals surface area contributed by atoms with Gasteiger partial charge in [0.2, 0.25) is 5.91 Å². The van der Waals surface area contributed by atoms with Gasteiger partial charge in [-0.05, 0) is 50.1 Å². The summed E-state index contributed by atoms with van der Waals surface area (Å²) < 4.78 is 3.27. The van der Waals surface area contributed by atoms with Crippen molar-refractivity contribution in [2.45, 2.75) is 58.0 Å². The highest BCUT2D eigenvalue weighted by Gasteiger charge is 2.30. The first-order valence-corrected chi connectivity index (χ1v) is 10.7. The number of nitrogens with zero attached hydrogens (tertiary/aromatic N) is 2. The van der Waals surface area contributed by atoms with Crippen LogP contribution in [0.5, 0.6) is 0 Å². The molecular weight excluding hydrogens is 346 g/mol. The lowest BCUT2D eigenvalue weighted by molar-refractivity contribution is -0.127. The van der Waals surface area contributed by atoms with E-state index in [4.69, 9.17) is 0 Å². The van der Waals surface area contributed by atoms with Crippen LogP contribution in [0.3, 0.4) is 0 Å². The lowest BCUT2D eigenvalue weighted by atomic mass is 9.95. The van der Waals surface area contributed by atoms with E-state index in [1.165, 1.54) is 17.5 Å². The summed E-state index contributed by atoms with van der Waals surface area (Å²) in [4.78, 5) is 27.4. The Balaban J connectivity index is 1.38. The van der Waals surface area contributed by atoms with Crippen LogP contribution < -0.4 is 5.32 Å². The van der Waals surface area contributed by atoms with Crippen LogP contribution >= 0.6 is 11.3 Å². The van der Waals surface area contributed by atoms with Crippen molar-refractivity contribution in [1.29, 1.82) is 0 Å². The molecule has 4 rings (SSSR count). The average molecular weight is 374 g/mol. The summed E-state index contributed by atoms with van der Waals surface area (Å²) in [6.45, 7) is 4.21. The van der Waals surface area contributed by atoms with Gasteiger partial charge < -0.3 is 14.8 Å². The molecule has 0 aromatic carbocycles. The number of carbonyl (C=O) groups excluding carboxylic acids is 2. The molecule has 0 bridgehead atoms. The van der Waals surface area contributed by atoms with Crippen molar-refractivity contribution in [2.75, 3.05) is 13.1 Å². The molecule has 1 aliphatic carbocycles. The molecule has 1 N–H and O–H groups in total. The van der Waals surface area contributed by atoms with E-state index in [-0.39, 0.29) is 17.7 Å². The normalized spacial score (nSPS) is 19.3. The third kappa shape index (κ3) is 3.27. The van der Waals surface area contributed by atoms with Crippen LogP contribution in [0.2, 0.25) is 0 Å². The number of likely N-dealkylation sites (tertiary alicyclic amines) is 1. The van der Waals surface area contributed by atoms with E-state index in [0.717, 1.165) is 43.4 Å². The van der Waals surface area contributed by atoms with Crippen LogP contribution in [0, 0.1) is 5.92 Å². The maximum absolute atomic E-state index is 13.0. The molecule has 0 unspecified atom stereocenters. The van der Waals surface area contributed by atoms with E-state index in [2.05, 4.69) is 28.3 Å². The number of amides is 2. The maximum atomic E-state index is 13.0. The number of hydrogen-bond acceptors (Lipinski definition) is 3. The van der Waals surface area contributed by atoms with E-state index in [9.17, 15) is 9.59 Å². The molecule has 1 aliphatic heterocycles. The Morgan fingerprint density at radius 3 is 2.62 bits per heavy atom. The molecule has 2 aromatic heterocycles. The highest BCUT2D eigenvalue weighted by molar-refractivity contribution is 7.17. The minimum Gasteiger partial charge on any atom is -0.353 e. The number of carbonyl (C=O) groups is 2. The minimum absolute atomic E-state index is 0.0566. The summed E-state index contributed by atoms with van der Waals surface area (Å²) in [5, 5.41) is 5.28. The molecule has 2 aromatic rings. The Kier molecular flexibility index (Phi) is 5.02. The molecule has 2 amide bonds. The minimum atomic E-state index is 0.0566. The van der Waals surface area contributed by atoms with Crippen LogP contribution in [0.15, 0.2) is 17.5 Å². The number of aromatic nitrogens is 1. The summed E-state index contributed by atoms with van der Waals surface area (Å²) in [7, 11) is 0. The van der Waals surface area contributed by atoms with Crippen LogP contribution in [0.4, 0.5) is 0 Å². The van der Waals surface area contributed by atoms with Crippen molar-refractivity contribution < 1.29 is 9.59 Å². The maximum Gasteiger partial charge on any atom is 0.270 e.